The molecule has 1 aliphatic rings. The van der Waals surface area contributed by atoms with Gasteiger partial charge in [-0.3, -0.25) is 4.79 Å². The standard InChI is InChI=1S/C24H30N8O/c1-16(25)23(33)28-18-8-10-19(11-9-18)29-24-27-15-13-21(31-24)32(2)20-12-14-26-22(30-20)17-6-4-3-5-7-17/h3-7,12-16,18-19H,8-11,25H2,1-2H3,(H,28,33)(H,27,29,31). The Morgan fingerprint density at radius 3 is 2.30 bits per heavy atom. The van der Waals surface area contributed by atoms with E-state index in [0.717, 1.165) is 42.9 Å². The summed E-state index contributed by atoms with van der Waals surface area (Å²) in [5.41, 5.74) is 6.61. The number of carbonyl (C=O) groups excluding carboxylic acids is 1. The fourth-order valence-corrected chi connectivity index (χ4v) is 3.88. The van der Waals surface area contributed by atoms with Crippen LogP contribution in [0.5, 0.6) is 0 Å². The Kier molecular flexibility index (Phi) is 7.09. The number of anilines is 3. The van der Waals surface area contributed by atoms with Gasteiger partial charge in [0.2, 0.25) is 11.9 Å². The molecule has 1 amide bonds. The van der Waals surface area contributed by atoms with Crippen LogP contribution in [0.15, 0.2) is 54.9 Å². The molecule has 1 atom stereocenters. The Hall–Kier alpha value is -3.59. The van der Waals surface area contributed by atoms with Gasteiger partial charge in [0.1, 0.15) is 11.6 Å². The van der Waals surface area contributed by atoms with Gasteiger partial charge in [-0.2, -0.15) is 4.98 Å². The molecule has 0 bridgehead atoms. The van der Waals surface area contributed by atoms with Crippen molar-refractivity contribution in [1.82, 2.24) is 25.3 Å². The lowest BCUT2D eigenvalue weighted by molar-refractivity contribution is -0.122. The molecule has 3 aromatic rings. The highest BCUT2D eigenvalue weighted by Gasteiger charge is 2.24. The molecule has 172 valence electrons. The molecule has 9 nitrogen and oxygen atoms in total. The first-order valence-corrected chi connectivity index (χ1v) is 11.3. The molecule has 4 N–H and O–H groups in total. The van der Waals surface area contributed by atoms with Crippen LogP contribution < -0.4 is 21.3 Å². The summed E-state index contributed by atoms with van der Waals surface area (Å²) in [6, 6.07) is 13.6. The molecule has 0 radical (unpaired) electrons. The van der Waals surface area contributed by atoms with E-state index in [0.29, 0.717) is 11.8 Å². The van der Waals surface area contributed by atoms with Crippen molar-refractivity contribution in [3.8, 4) is 11.4 Å². The zero-order valence-electron chi connectivity index (χ0n) is 19.0. The van der Waals surface area contributed by atoms with Gasteiger partial charge < -0.3 is 21.3 Å². The van der Waals surface area contributed by atoms with E-state index in [9.17, 15) is 4.79 Å². The lowest BCUT2D eigenvalue weighted by Crippen LogP contribution is -2.46. The summed E-state index contributed by atoms with van der Waals surface area (Å²) in [7, 11) is 1.93. The van der Waals surface area contributed by atoms with Crippen LogP contribution in [0.4, 0.5) is 17.6 Å². The lowest BCUT2D eigenvalue weighted by atomic mass is 9.91. The van der Waals surface area contributed by atoms with Gasteiger partial charge >= 0.3 is 0 Å². The Balaban J connectivity index is 1.39. The van der Waals surface area contributed by atoms with Crippen molar-refractivity contribution in [3.63, 3.8) is 0 Å². The highest BCUT2D eigenvalue weighted by molar-refractivity contribution is 5.81. The molecular weight excluding hydrogens is 416 g/mol. The summed E-state index contributed by atoms with van der Waals surface area (Å²) in [4.78, 5) is 31.9. The van der Waals surface area contributed by atoms with Crippen LogP contribution >= 0.6 is 0 Å². The summed E-state index contributed by atoms with van der Waals surface area (Å²) in [5, 5.41) is 6.46. The fourth-order valence-electron chi connectivity index (χ4n) is 3.88. The molecular formula is C24H30N8O. The van der Waals surface area contributed by atoms with E-state index >= 15 is 0 Å². The van der Waals surface area contributed by atoms with Crippen molar-refractivity contribution < 1.29 is 4.79 Å². The average molecular weight is 447 g/mol. The van der Waals surface area contributed by atoms with Crippen molar-refractivity contribution in [1.29, 1.82) is 0 Å². The minimum atomic E-state index is -0.479. The molecule has 2 heterocycles. The lowest BCUT2D eigenvalue weighted by Gasteiger charge is -2.30. The maximum absolute atomic E-state index is 11.8. The predicted octanol–water partition coefficient (Wildman–Crippen LogP) is 2.89. The van der Waals surface area contributed by atoms with Crippen LogP contribution in [0.2, 0.25) is 0 Å². The van der Waals surface area contributed by atoms with Crippen molar-refractivity contribution in [2.24, 2.45) is 5.73 Å². The normalized spacial score (nSPS) is 18.9. The first kappa shape index (κ1) is 22.6. The van der Waals surface area contributed by atoms with Crippen LogP contribution in [0.3, 0.4) is 0 Å². The minimum Gasteiger partial charge on any atom is -0.352 e. The molecule has 4 rings (SSSR count). The third-order valence-electron chi connectivity index (χ3n) is 5.82. The molecule has 1 fully saturated rings. The largest absolute Gasteiger partial charge is 0.352 e. The van der Waals surface area contributed by atoms with Crippen molar-refractivity contribution in [2.75, 3.05) is 17.3 Å². The zero-order valence-corrected chi connectivity index (χ0v) is 19.0. The zero-order chi connectivity index (χ0) is 23.2. The van der Waals surface area contributed by atoms with Gasteiger partial charge in [-0.25, -0.2) is 15.0 Å². The summed E-state index contributed by atoms with van der Waals surface area (Å²) >= 11 is 0. The van der Waals surface area contributed by atoms with Crippen LogP contribution in [0, 0.1) is 0 Å². The van der Waals surface area contributed by atoms with Gasteiger partial charge in [-0.05, 0) is 44.7 Å². The molecule has 1 aliphatic carbocycles. The molecule has 0 spiro atoms. The van der Waals surface area contributed by atoms with E-state index in [1.165, 1.54) is 0 Å². The maximum atomic E-state index is 11.8. The highest BCUT2D eigenvalue weighted by atomic mass is 16.2. The predicted molar refractivity (Wildman–Crippen MR) is 129 cm³/mol. The molecule has 2 aromatic heterocycles. The first-order chi connectivity index (χ1) is 16.0. The Morgan fingerprint density at radius 2 is 1.61 bits per heavy atom. The van der Waals surface area contributed by atoms with E-state index in [4.69, 9.17) is 15.7 Å². The Morgan fingerprint density at radius 1 is 0.970 bits per heavy atom. The number of nitrogens with zero attached hydrogens (tertiary/aromatic N) is 5. The van der Waals surface area contributed by atoms with Crippen LogP contribution in [0.25, 0.3) is 11.4 Å². The molecule has 0 aliphatic heterocycles. The van der Waals surface area contributed by atoms with E-state index < -0.39 is 6.04 Å². The van der Waals surface area contributed by atoms with E-state index in [1.807, 2.05) is 54.4 Å². The highest BCUT2D eigenvalue weighted by Crippen LogP contribution is 2.25. The van der Waals surface area contributed by atoms with Crippen molar-refractivity contribution in [3.05, 3.63) is 54.9 Å². The van der Waals surface area contributed by atoms with E-state index in [1.54, 1.807) is 19.3 Å². The number of rotatable bonds is 7. The van der Waals surface area contributed by atoms with Gasteiger partial charge in [0, 0.05) is 37.1 Å². The SMILES string of the molecule is CC(N)C(=O)NC1CCC(Nc2nccc(N(C)c3ccnc(-c4ccccc4)n3)n2)CC1. The minimum absolute atomic E-state index is 0.0920. The third kappa shape index (κ3) is 5.81. The second-order valence-corrected chi connectivity index (χ2v) is 8.39. The molecule has 33 heavy (non-hydrogen) atoms. The summed E-state index contributed by atoms with van der Waals surface area (Å²) in [6.45, 7) is 1.70. The monoisotopic (exact) mass is 446 g/mol. The van der Waals surface area contributed by atoms with Crippen molar-refractivity contribution >= 4 is 23.5 Å². The van der Waals surface area contributed by atoms with Crippen LogP contribution in [-0.2, 0) is 4.79 Å². The fraction of sp³-hybridized carbons (Fsp3) is 0.375. The van der Waals surface area contributed by atoms with Gasteiger partial charge in [0.05, 0.1) is 6.04 Å². The topological polar surface area (TPSA) is 122 Å². The molecule has 1 saturated carbocycles. The van der Waals surface area contributed by atoms with Crippen molar-refractivity contribution in [2.45, 2.75) is 50.7 Å². The molecule has 0 saturated heterocycles. The average Bonchev–Trinajstić information content (AvgIpc) is 2.85. The van der Waals surface area contributed by atoms with Gasteiger partial charge in [-0.15, -0.1) is 0 Å². The number of amides is 1. The second-order valence-electron chi connectivity index (χ2n) is 8.39. The second kappa shape index (κ2) is 10.4. The number of hydrogen-bond acceptors (Lipinski definition) is 8. The summed E-state index contributed by atoms with van der Waals surface area (Å²) in [5.74, 6) is 2.65. The number of nitrogens with one attached hydrogen (secondary N) is 2. The summed E-state index contributed by atoms with van der Waals surface area (Å²) in [6.07, 6.45) is 7.16. The molecule has 1 aromatic carbocycles. The van der Waals surface area contributed by atoms with Gasteiger partial charge in [0.15, 0.2) is 5.82 Å². The number of carbonyl (C=O) groups is 1. The number of hydrogen-bond donors (Lipinski definition) is 3. The molecule has 9 heteroatoms. The third-order valence-corrected chi connectivity index (χ3v) is 5.82. The van der Waals surface area contributed by atoms with E-state index in [-0.39, 0.29) is 18.0 Å². The number of aromatic nitrogens is 4. The quantitative estimate of drug-likeness (QED) is 0.506. The molecule has 1 unspecified atom stereocenters. The maximum Gasteiger partial charge on any atom is 0.236 e. The Bertz CT molecular complexity index is 1070. The van der Waals surface area contributed by atoms with Gasteiger partial charge in [-0.1, -0.05) is 30.3 Å². The number of nitrogens with two attached hydrogens (primary N) is 1. The van der Waals surface area contributed by atoms with Crippen LogP contribution in [-0.4, -0.2) is 51.0 Å². The van der Waals surface area contributed by atoms with Gasteiger partial charge in [0.25, 0.3) is 0 Å². The number of benzene rings is 1. The first-order valence-electron chi connectivity index (χ1n) is 11.3. The summed E-state index contributed by atoms with van der Waals surface area (Å²) < 4.78 is 0. The van der Waals surface area contributed by atoms with Crippen LogP contribution in [0.1, 0.15) is 32.6 Å². The Labute approximate surface area is 193 Å². The smallest absolute Gasteiger partial charge is 0.236 e. The van der Waals surface area contributed by atoms with E-state index in [2.05, 4.69) is 20.6 Å².